The van der Waals surface area contributed by atoms with Crippen molar-refractivity contribution >= 4 is 23.4 Å². The largest absolute Gasteiger partial charge is 0.398 e. The Hall–Kier alpha value is -3.19. The van der Waals surface area contributed by atoms with Gasteiger partial charge >= 0.3 is 0 Å². The Kier molecular flexibility index (Phi) is 5.07. The molecule has 29 heavy (non-hydrogen) atoms. The second kappa shape index (κ2) is 7.67. The fraction of sp³-hybridized carbons (Fsp3) is 0.318. The van der Waals surface area contributed by atoms with Gasteiger partial charge in [-0.15, -0.1) is 0 Å². The molecule has 7 heteroatoms. The Morgan fingerprint density at radius 3 is 2.69 bits per heavy atom. The molecule has 1 atom stereocenters. The van der Waals surface area contributed by atoms with E-state index in [-0.39, 0.29) is 24.1 Å². The molecule has 0 saturated carbocycles. The summed E-state index contributed by atoms with van der Waals surface area (Å²) >= 11 is 0. The highest BCUT2D eigenvalue weighted by atomic mass is 16.2. The van der Waals surface area contributed by atoms with Crippen molar-refractivity contribution in [1.82, 2.24) is 15.1 Å². The molecule has 2 aliphatic heterocycles. The molecule has 1 saturated heterocycles. The van der Waals surface area contributed by atoms with Crippen molar-refractivity contribution in [2.45, 2.75) is 38.5 Å². The minimum Gasteiger partial charge on any atom is -0.398 e. The first-order valence-electron chi connectivity index (χ1n) is 9.71. The summed E-state index contributed by atoms with van der Waals surface area (Å²) < 4.78 is 0. The van der Waals surface area contributed by atoms with Crippen LogP contribution in [0.4, 0.5) is 5.69 Å². The highest BCUT2D eigenvalue weighted by molar-refractivity contribution is 6.05. The fourth-order valence-electron chi connectivity index (χ4n) is 4.04. The van der Waals surface area contributed by atoms with Crippen LogP contribution in [0.15, 0.2) is 42.5 Å². The van der Waals surface area contributed by atoms with E-state index in [1.165, 1.54) is 0 Å². The van der Waals surface area contributed by atoms with Gasteiger partial charge in [0, 0.05) is 37.3 Å². The van der Waals surface area contributed by atoms with Gasteiger partial charge in [-0.2, -0.15) is 0 Å². The van der Waals surface area contributed by atoms with Crippen LogP contribution >= 0.6 is 0 Å². The second-order valence-electron chi connectivity index (χ2n) is 7.76. The number of fused-ring (bicyclic) bond motifs is 1. The van der Waals surface area contributed by atoms with Crippen LogP contribution in [0, 0.1) is 0 Å². The summed E-state index contributed by atoms with van der Waals surface area (Å²) in [6, 6.07) is 13.1. The molecule has 4 rings (SSSR count). The van der Waals surface area contributed by atoms with Crippen LogP contribution in [-0.2, 0) is 29.2 Å². The van der Waals surface area contributed by atoms with E-state index in [0.29, 0.717) is 31.6 Å². The van der Waals surface area contributed by atoms with Crippen LogP contribution in [0.5, 0.6) is 0 Å². The maximum absolute atomic E-state index is 12.9. The number of nitrogens with two attached hydrogens (primary N) is 1. The quantitative estimate of drug-likeness (QED) is 0.596. The summed E-state index contributed by atoms with van der Waals surface area (Å²) in [5.41, 5.74) is 10.4. The molecule has 3 N–H and O–H groups in total. The van der Waals surface area contributed by atoms with Crippen molar-refractivity contribution in [3.8, 4) is 0 Å². The van der Waals surface area contributed by atoms with Gasteiger partial charge in [-0.3, -0.25) is 24.6 Å². The summed E-state index contributed by atoms with van der Waals surface area (Å²) in [5, 5.41) is 2.33. The van der Waals surface area contributed by atoms with Gasteiger partial charge in [-0.1, -0.05) is 30.3 Å². The highest BCUT2D eigenvalue weighted by Gasteiger charge is 2.39. The zero-order valence-corrected chi connectivity index (χ0v) is 16.4. The maximum Gasteiger partial charge on any atom is 0.255 e. The van der Waals surface area contributed by atoms with Crippen LogP contribution in [0.3, 0.4) is 0 Å². The van der Waals surface area contributed by atoms with Crippen molar-refractivity contribution in [2.24, 2.45) is 0 Å². The number of carbonyl (C=O) groups excluding carboxylic acids is 3. The molecule has 2 heterocycles. The van der Waals surface area contributed by atoms with E-state index in [0.717, 1.165) is 22.4 Å². The first-order valence-corrected chi connectivity index (χ1v) is 9.71. The number of imide groups is 1. The molecule has 2 aromatic rings. The van der Waals surface area contributed by atoms with Crippen LogP contribution in [-0.4, -0.2) is 40.6 Å². The SMILES string of the molecule is CN(Cc1ccc2c(c1)C(=O)N(C1CCC(=O)NC1=O)C2)Cc1ccccc1N. The van der Waals surface area contributed by atoms with E-state index in [2.05, 4.69) is 10.2 Å². The molecule has 0 aromatic heterocycles. The zero-order chi connectivity index (χ0) is 20.5. The lowest BCUT2D eigenvalue weighted by atomic mass is 10.0. The van der Waals surface area contributed by atoms with Crippen molar-refractivity contribution in [3.63, 3.8) is 0 Å². The number of piperidine rings is 1. The molecular formula is C22H24N4O3. The van der Waals surface area contributed by atoms with Crippen molar-refractivity contribution in [3.05, 3.63) is 64.7 Å². The summed E-state index contributed by atoms with van der Waals surface area (Å²) in [5.74, 6) is -0.811. The molecule has 2 aromatic carbocycles. The molecule has 1 fully saturated rings. The Bertz CT molecular complexity index is 988. The number of nitrogens with one attached hydrogen (secondary N) is 1. The van der Waals surface area contributed by atoms with E-state index in [9.17, 15) is 14.4 Å². The Balaban J connectivity index is 1.46. The molecule has 0 radical (unpaired) electrons. The minimum absolute atomic E-state index is 0.147. The summed E-state index contributed by atoms with van der Waals surface area (Å²) in [4.78, 5) is 40.2. The molecule has 1 unspecified atom stereocenters. The van der Waals surface area contributed by atoms with E-state index in [1.54, 1.807) is 4.90 Å². The third kappa shape index (κ3) is 3.86. The highest BCUT2D eigenvalue weighted by Crippen LogP contribution is 2.28. The number of hydrogen-bond donors (Lipinski definition) is 2. The smallest absolute Gasteiger partial charge is 0.255 e. The van der Waals surface area contributed by atoms with E-state index in [1.807, 2.05) is 49.5 Å². The number of hydrogen-bond acceptors (Lipinski definition) is 5. The predicted molar refractivity (Wildman–Crippen MR) is 109 cm³/mol. The molecular weight excluding hydrogens is 368 g/mol. The third-order valence-corrected chi connectivity index (χ3v) is 5.54. The molecule has 2 aliphatic rings. The lowest BCUT2D eigenvalue weighted by Gasteiger charge is -2.29. The average Bonchev–Trinajstić information content (AvgIpc) is 3.00. The minimum atomic E-state index is -0.584. The van der Waals surface area contributed by atoms with Crippen molar-refractivity contribution in [1.29, 1.82) is 0 Å². The third-order valence-electron chi connectivity index (χ3n) is 5.54. The zero-order valence-electron chi connectivity index (χ0n) is 16.4. The van der Waals surface area contributed by atoms with E-state index in [4.69, 9.17) is 5.73 Å². The number of nitrogens with zero attached hydrogens (tertiary/aromatic N) is 2. The molecule has 150 valence electrons. The summed E-state index contributed by atoms with van der Waals surface area (Å²) in [6.45, 7) is 1.78. The predicted octanol–water partition coefficient (Wildman–Crippen LogP) is 1.66. The first-order chi connectivity index (χ1) is 13.9. The first kappa shape index (κ1) is 19.1. The Morgan fingerprint density at radius 2 is 1.93 bits per heavy atom. The van der Waals surface area contributed by atoms with Gasteiger partial charge in [0.25, 0.3) is 5.91 Å². The van der Waals surface area contributed by atoms with Crippen molar-refractivity contribution < 1.29 is 14.4 Å². The van der Waals surface area contributed by atoms with Crippen LogP contribution < -0.4 is 11.1 Å². The molecule has 7 nitrogen and oxygen atoms in total. The molecule has 0 bridgehead atoms. The van der Waals surface area contributed by atoms with Gasteiger partial charge in [0.1, 0.15) is 6.04 Å². The fourth-order valence-corrected chi connectivity index (χ4v) is 4.04. The lowest BCUT2D eigenvalue weighted by molar-refractivity contribution is -0.136. The van der Waals surface area contributed by atoms with E-state index >= 15 is 0 Å². The number of para-hydroxylation sites is 1. The van der Waals surface area contributed by atoms with Crippen LogP contribution in [0.2, 0.25) is 0 Å². The van der Waals surface area contributed by atoms with Gasteiger partial charge in [0.15, 0.2) is 0 Å². The van der Waals surface area contributed by atoms with Gasteiger partial charge in [-0.05, 0) is 42.3 Å². The van der Waals surface area contributed by atoms with Gasteiger partial charge in [-0.25, -0.2) is 0 Å². The van der Waals surface area contributed by atoms with Gasteiger partial charge in [0.2, 0.25) is 11.8 Å². The molecule has 0 aliphatic carbocycles. The average molecular weight is 392 g/mol. The standard InChI is InChI=1S/C22H24N4O3/c1-25(12-16-4-2-3-5-18(16)23)11-14-6-7-15-13-26(22(29)17(15)10-14)19-8-9-20(27)24-21(19)28/h2-7,10,19H,8-9,11-13,23H2,1H3,(H,24,27,28). The topological polar surface area (TPSA) is 95.7 Å². The number of carbonyl (C=O) groups is 3. The number of anilines is 1. The normalized spacial score (nSPS) is 18.9. The second-order valence-corrected chi connectivity index (χ2v) is 7.76. The monoisotopic (exact) mass is 392 g/mol. The molecule has 3 amide bonds. The van der Waals surface area contributed by atoms with Crippen molar-refractivity contribution in [2.75, 3.05) is 12.8 Å². The van der Waals surface area contributed by atoms with E-state index < -0.39 is 6.04 Å². The maximum atomic E-state index is 12.9. The Labute approximate surface area is 169 Å². The lowest BCUT2D eigenvalue weighted by Crippen LogP contribution is -2.52. The number of amides is 3. The summed E-state index contributed by atoms with van der Waals surface area (Å²) in [6.07, 6.45) is 0.633. The van der Waals surface area contributed by atoms with Gasteiger partial charge < -0.3 is 10.6 Å². The van der Waals surface area contributed by atoms with Crippen LogP contribution in [0.1, 0.15) is 39.9 Å². The van der Waals surface area contributed by atoms with Gasteiger partial charge in [0.05, 0.1) is 0 Å². The molecule has 0 spiro atoms. The number of nitrogen functional groups attached to an aromatic ring is 1. The van der Waals surface area contributed by atoms with Crippen LogP contribution in [0.25, 0.3) is 0 Å². The number of rotatable bonds is 5. The summed E-state index contributed by atoms with van der Waals surface area (Å²) in [7, 11) is 2.01. The number of benzene rings is 2. The Morgan fingerprint density at radius 1 is 1.14 bits per heavy atom.